The zero-order valence-corrected chi connectivity index (χ0v) is 18.5. The second-order valence-corrected chi connectivity index (χ2v) is 8.61. The third kappa shape index (κ3) is 5.35. The highest BCUT2D eigenvalue weighted by atomic mass is 16.3. The Hall–Kier alpha value is -3.17. The predicted molar refractivity (Wildman–Crippen MR) is 127 cm³/mol. The number of para-hydroxylation sites is 1. The fraction of sp³-hybridized carbons (Fsp3) is 0.435. The fourth-order valence-electron chi connectivity index (χ4n) is 4.21. The highest BCUT2D eigenvalue weighted by Gasteiger charge is 2.23. The summed E-state index contributed by atoms with van der Waals surface area (Å²) in [4.78, 5) is 8.93. The first-order valence-electron chi connectivity index (χ1n) is 11.2. The molecule has 0 aliphatic heterocycles. The summed E-state index contributed by atoms with van der Waals surface area (Å²) in [6, 6.07) is 10.5. The van der Waals surface area contributed by atoms with Crippen molar-refractivity contribution in [2.45, 2.75) is 63.9 Å². The average Bonchev–Trinajstić information content (AvgIpc) is 3.21. The summed E-state index contributed by atoms with van der Waals surface area (Å²) in [7, 11) is 0. The lowest BCUT2D eigenvalue weighted by Gasteiger charge is -2.32. The molecule has 2 aromatic heterocycles. The van der Waals surface area contributed by atoms with E-state index in [2.05, 4.69) is 56.0 Å². The van der Waals surface area contributed by atoms with E-state index in [0.29, 0.717) is 17.7 Å². The van der Waals surface area contributed by atoms with Gasteiger partial charge in [-0.1, -0.05) is 32.0 Å². The Morgan fingerprint density at radius 3 is 2.56 bits per heavy atom. The van der Waals surface area contributed by atoms with Crippen LogP contribution in [0.3, 0.4) is 0 Å². The van der Waals surface area contributed by atoms with Crippen LogP contribution in [0, 0.1) is 0 Å². The van der Waals surface area contributed by atoms with E-state index in [0.717, 1.165) is 42.6 Å². The van der Waals surface area contributed by atoms with E-state index in [-0.39, 0.29) is 12.1 Å². The molecule has 3 aromatic rings. The number of anilines is 3. The van der Waals surface area contributed by atoms with Crippen LogP contribution in [-0.2, 0) is 0 Å². The number of rotatable bonds is 8. The van der Waals surface area contributed by atoms with Gasteiger partial charge in [0.05, 0.1) is 17.5 Å². The summed E-state index contributed by atoms with van der Waals surface area (Å²) in [6.45, 7) is 4.30. The minimum Gasteiger partial charge on any atom is -0.384 e. The lowest BCUT2D eigenvalue weighted by atomic mass is 9.91. The van der Waals surface area contributed by atoms with Gasteiger partial charge in [-0.2, -0.15) is 5.10 Å². The fourth-order valence-corrected chi connectivity index (χ4v) is 4.21. The van der Waals surface area contributed by atoms with Gasteiger partial charge in [0.15, 0.2) is 6.35 Å². The van der Waals surface area contributed by atoms with Crippen LogP contribution in [0.25, 0.3) is 11.3 Å². The van der Waals surface area contributed by atoms with E-state index in [1.807, 2.05) is 24.3 Å². The summed E-state index contributed by atoms with van der Waals surface area (Å²) in [5, 5.41) is 27.2. The van der Waals surface area contributed by atoms with E-state index < -0.39 is 6.35 Å². The molecule has 1 unspecified atom stereocenters. The molecule has 1 atom stereocenters. The van der Waals surface area contributed by atoms with Gasteiger partial charge in [0, 0.05) is 24.0 Å². The first kappa shape index (κ1) is 22.0. The van der Waals surface area contributed by atoms with Crippen molar-refractivity contribution in [3.8, 4) is 11.3 Å². The number of hydrogen-bond donors (Lipinski definition) is 6. The molecule has 0 bridgehead atoms. The first-order chi connectivity index (χ1) is 15.5. The summed E-state index contributed by atoms with van der Waals surface area (Å²) in [6.07, 6.45) is 6.44. The van der Waals surface area contributed by atoms with Crippen LogP contribution in [0.5, 0.6) is 0 Å². The van der Waals surface area contributed by atoms with Crippen molar-refractivity contribution in [2.24, 2.45) is 0 Å². The lowest BCUT2D eigenvalue weighted by Crippen LogP contribution is -2.46. The molecule has 2 heterocycles. The molecule has 1 aliphatic rings. The number of nitrogen functional groups attached to an aromatic ring is 1. The maximum atomic E-state index is 10.5. The molecule has 9 nitrogen and oxygen atoms in total. The van der Waals surface area contributed by atoms with Gasteiger partial charge in [0.25, 0.3) is 0 Å². The van der Waals surface area contributed by atoms with Crippen LogP contribution in [0.15, 0.2) is 42.7 Å². The number of benzene rings is 1. The Labute approximate surface area is 188 Å². The average molecular weight is 437 g/mol. The summed E-state index contributed by atoms with van der Waals surface area (Å²) >= 11 is 0. The topological polar surface area (TPSA) is 137 Å². The molecule has 7 N–H and O–H groups in total. The van der Waals surface area contributed by atoms with Gasteiger partial charge in [-0.15, -0.1) is 0 Å². The van der Waals surface area contributed by atoms with Gasteiger partial charge >= 0.3 is 0 Å². The van der Waals surface area contributed by atoms with Crippen molar-refractivity contribution < 1.29 is 5.11 Å². The van der Waals surface area contributed by atoms with Crippen LogP contribution in [0.2, 0.25) is 0 Å². The standard InChI is InChI=1S/C23H32N8O/c1-14(2)17-5-3-4-6-19(17)30-23(32)28-16-9-7-15(8-10-16)27-22-25-12-11-20(29-22)18-13-26-31-21(18)24/h3-6,11-16,23,28,30,32H,7-10H2,1-2H3,(H3,24,26,31)(H,25,27,29). The van der Waals surface area contributed by atoms with Crippen molar-refractivity contribution >= 4 is 17.5 Å². The SMILES string of the molecule is CC(C)c1ccccc1NC(O)NC1CCC(Nc2nccc(-c3cn[nH]c3N)n2)CC1. The molecule has 170 valence electrons. The molecule has 1 aromatic carbocycles. The number of H-pyrrole nitrogens is 1. The van der Waals surface area contributed by atoms with Crippen molar-refractivity contribution in [2.75, 3.05) is 16.4 Å². The van der Waals surface area contributed by atoms with Crippen molar-refractivity contribution in [3.05, 3.63) is 48.3 Å². The second-order valence-electron chi connectivity index (χ2n) is 8.61. The summed E-state index contributed by atoms with van der Waals surface area (Å²) in [5.41, 5.74) is 9.57. The van der Waals surface area contributed by atoms with Crippen LogP contribution in [-0.4, -0.2) is 43.7 Å². The zero-order valence-electron chi connectivity index (χ0n) is 18.5. The largest absolute Gasteiger partial charge is 0.384 e. The molecule has 0 radical (unpaired) electrons. The van der Waals surface area contributed by atoms with E-state index in [1.165, 1.54) is 5.56 Å². The number of nitrogens with zero attached hydrogens (tertiary/aromatic N) is 3. The van der Waals surface area contributed by atoms with Gasteiger partial charge in [0.2, 0.25) is 5.95 Å². The summed E-state index contributed by atoms with van der Waals surface area (Å²) in [5.74, 6) is 1.47. The number of aliphatic hydroxyl groups is 1. The smallest absolute Gasteiger partial charge is 0.223 e. The summed E-state index contributed by atoms with van der Waals surface area (Å²) < 4.78 is 0. The third-order valence-corrected chi connectivity index (χ3v) is 5.93. The highest BCUT2D eigenvalue weighted by Crippen LogP contribution is 2.26. The van der Waals surface area contributed by atoms with E-state index >= 15 is 0 Å². The van der Waals surface area contributed by atoms with Crippen molar-refractivity contribution in [3.63, 3.8) is 0 Å². The molecule has 9 heteroatoms. The van der Waals surface area contributed by atoms with Crippen LogP contribution in [0.1, 0.15) is 51.0 Å². The number of aromatic amines is 1. The first-order valence-corrected chi connectivity index (χ1v) is 11.2. The molecule has 0 saturated heterocycles. The predicted octanol–water partition coefficient (Wildman–Crippen LogP) is 3.27. The van der Waals surface area contributed by atoms with Gasteiger partial charge in [0.1, 0.15) is 5.82 Å². The van der Waals surface area contributed by atoms with E-state index in [1.54, 1.807) is 12.4 Å². The van der Waals surface area contributed by atoms with Gasteiger partial charge in [-0.3, -0.25) is 10.4 Å². The molecule has 32 heavy (non-hydrogen) atoms. The molecular weight excluding hydrogens is 404 g/mol. The zero-order chi connectivity index (χ0) is 22.5. The Morgan fingerprint density at radius 1 is 1.09 bits per heavy atom. The van der Waals surface area contributed by atoms with Crippen LogP contribution in [0.4, 0.5) is 17.5 Å². The highest BCUT2D eigenvalue weighted by molar-refractivity contribution is 5.70. The normalized spacial score (nSPS) is 19.6. The molecule has 4 rings (SSSR count). The number of aromatic nitrogens is 4. The van der Waals surface area contributed by atoms with Crippen LogP contribution < -0.4 is 21.7 Å². The van der Waals surface area contributed by atoms with E-state index in [4.69, 9.17) is 5.73 Å². The van der Waals surface area contributed by atoms with Gasteiger partial charge in [-0.25, -0.2) is 9.97 Å². The maximum Gasteiger partial charge on any atom is 0.223 e. The molecule has 0 amide bonds. The Morgan fingerprint density at radius 2 is 1.84 bits per heavy atom. The molecular formula is C23H32N8O. The molecule has 0 spiro atoms. The minimum absolute atomic E-state index is 0.250. The molecule has 1 aliphatic carbocycles. The van der Waals surface area contributed by atoms with Gasteiger partial charge < -0.3 is 21.5 Å². The molecule has 1 fully saturated rings. The monoisotopic (exact) mass is 436 g/mol. The maximum absolute atomic E-state index is 10.5. The number of aliphatic hydroxyl groups excluding tert-OH is 1. The number of nitrogens with two attached hydrogens (primary N) is 1. The third-order valence-electron chi connectivity index (χ3n) is 5.93. The van der Waals surface area contributed by atoms with Crippen molar-refractivity contribution in [1.82, 2.24) is 25.5 Å². The number of hydrogen-bond acceptors (Lipinski definition) is 8. The lowest BCUT2D eigenvalue weighted by molar-refractivity contribution is 0.137. The Kier molecular flexibility index (Phi) is 6.87. The van der Waals surface area contributed by atoms with Gasteiger partial charge in [-0.05, 0) is 49.3 Å². The van der Waals surface area contributed by atoms with E-state index in [9.17, 15) is 5.11 Å². The molecule has 1 saturated carbocycles. The van der Waals surface area contributed by atoms with Crippen LogP contribution >= 0.6 is 0 Å². The second kappa shape index (κ2) is 9.97. The van der Waals surface area contributed by atoms with Crippen molar-refractivity contribution in [1.29, 1.82) is 0 Å². The Bertz CT molecular complexity index is 1010. The Balaban J connectivity index is 1.27. The number of nitrogens with one attached hydrogen (secondary N) is 4. The quantitative estimate of drug-likeness (QED) is 0.296. The minimum atomic E-state index is -0.787.